The summed E-state index contributed by atoms with van der Waals surface area (Å²) in [6, 6.07) is -3.19. The maximum atomic E-state index is 12.0. The van der Waals surface area contributed by atoms with Gasteiger partial charge in [0.1, 0.15) is 12.1 Å². The summed E-state index contributed by atoms with van der Waals surface area (Å²) in [4.78, 5) is 52.5. The summed E-state index contributed by atoms with van der Waals surface area (Å²) in [5, 5.41) is 13.7. The van der Waals surface area contributed by atoms with Gasteiger partial charge in [-0.3, -0.25) is 14.4 Å². The minimum atomic E-state index is -1.30. The number of nitrogens with two attached hydrogens (primary N) is 2. The van der Waals surface area contributed by atoms with Crippen LogP contribution < -0.4 is 22.1 Å². The third-order valence-electron chi connectivity index (χ3n) is 3.38. The molecule has 0 aromatic carbocycles. The Morgan fingerprint density at radius 3 is 2.48 bits per heavy atom. The molecule has 1 rings (SSSR count). The Labute approximate surface area is 143 Å². The molecule has 0 bridgehead atoms. The molecule has 3 amide bonds. The van der Waals surface area contributed by atoms with E-state index in [2.05, 4.69) is 20.6 Å². The summed E-state index contributed by atoms with van der Waals surface area (Å²) in [5.74, 6) is -3.25. The fourth-order valence-electron chi connectivity index (χ4n) is 1.95. The lowest BCUT2D eigenvalue weighted by Crippen LogP contribution is -2.53. The van der Waals surface area contributed by atoms with E-state index < -0.39 is 41.8 Å². The first-order valence-electron chi connectivity index (χ1n) is 7.55. The molecule has 3 unspecified atom stereocenters. The van der Waals surface area contributed by atoms with Gasteiger partial charge in [-0.1, -0.05) is 0 Å². The second kappa shape index (κ2) is 9.37. The molecule has 0 saturated heterocycles. The number of nitrogens with one attached hydrogen (secondary N) is 3. The van der Waals surface area contributed by atoms with Crippen molar-refractivity contribution in [3.05, 3.63) is 18.2 Å². The number of amides is 3. The summed E-state index contributed by atoms with van der Waals surface area (Å²) in [6.45, 7) is 1.39. The second-order valence-corrected chi connectivity index (χ2v) is 5.52. The van der Waals surface area contributed by atoms with Crippen LogP contribution in [-0.4, -0.2) is 56.9 Å². The summed E-state index contributed by atoms with van der Waals surface area (Å²) in [5.41, 5.74) is 11.4. The quantitative estimate of drug-likeness (QED) is 0.270. The molecule has 0 saturated carbocycles. The molecule has 0 spiro atoms. The molecule has 25 heavy (non-hydrogen) atoms. The number of aromatic nitrogens is 2. The molecule has 0 fully saturated rings. The number of H-pyrrole nitrogens is 1. The average molecular weight is 354 g/mol. The number of aromatic amines is 1. The van der Waals surface area contributed by atoms with Gasteiger partial charge in [-0.15, -0.1) is 0 Å². The van der Waals surface area contributed by atoms with E-state index in [1.807, 2.05) is 0 Å². The van der Waals surface area contributed by atoms with Crippen molar-refractivity contribution in [2.45, 2.75) is 44.3 Å². The van der Waals surface area contributed by atoms with Gasteiger partial charge in [-0.05, 0) is 13.3 Å². The van der Waals surface area contributed by atoms with E-state index in [0.717, 1.165) is 0 Å². The number of hydrogen-bond donors (Lipinski definition) is 6. The summed E-state index contributed by atoms with van der Waals surface area (Å²) >= 11 is 0. The van der Waals surface area contributed by atoms with Crippen LogP contribution in [0.4, 0.5) is 0 Å². The predicted octanol–water partition coefficient (Wildman–Crippen LogP) is -2.38. The summed E-state index contributed by atoms with van der Waals surface area (Å²) < 4.78 is 0. The van der Waals surface area contributed by atoms with Gasteiger partial charge >= 0.3 is 5.97 Å². The lowest BCUT2D eigenvalue weighted by atomic mass is 10.1. The van der Waals surface area contributed by atoms with Gasteiger partial charge in [0, 0.05) is 24.7 Å². The predicted molar refractivity (Wildman–Crippen MR) is 85.9 cm³/mol. The molecular weight excluding hydrogens is 332 g/mol. The SMILES string of the molecule is CC(NC(=O)C(N)Cc1cnc[nH]1)C(=O)NC(CCC(N)=O)C(=O)O. The van der Waals surface area contributed by atoms with Crippen LogP contribution in [0.25, 0.3) is 0 Å². The number of primary amides is 1. The molecular formula is C14H22N6O5. The molecule has 3 atom stereocenters. The second-order valence-electron chi connectivity index (χ2n) is 5.52. The molecule has 138 valence electrons. The lowest BCUT2D eigenvalue weighted by molar-refractivity contribution is -0.142. The smallest absolute Gasteiger partial charge is 0.326 e. The number of carbonyl (C=O) groups is 4. The largest absolute Gasteiger partial charge is 0.480 e. The van der Waals surface area contributed by atoms with Crippen LogP contribution in [0.5, 0.6) is 0 Å². The van der Waals surface area contributed by atoms with Crippen LogP contribution in [0.15, 0.2) is 12.5 Å². The molecule has 11 heteroatoms. The topological polar surface area (TPSA) is 193 Å². The van der Waals surface area contributed by atoms with Crippen LogP contribution >= 0.6 is 0 Å². The number of imidazole rings is 1. The normalized spacial score (nSPS) is 14.2. The fraction of sp³-hybridized carbons (Fsp3) is 0.500. The zero-order valence-corrected chi connectivity index (χ0v) is 13.7. The first-order valence-corrected chi connectivity index (χ1v) is 7.55. The van der Waals surface area contributed by atoms with Gasteiger partial charge in [0.15, 0.2) is 0 Å². The van der Waals surface area contributed by atoms with E-state index in [1.54, 1.807) is 0 Å². The Bertz CT molecular complexity index is 617. The van der Waals surface area contributed by atoms with E-state index in [0.29, 0.717) is 5.69 Å². The van der Waals surface area contributed by atoms with Crippen molar-refractivity contribution in [1.82, 2.24) is 20.6 Å². The van der Waals surface area contributed by atoms with Crippen molar-refractivity contribution in [3.63, 3.8) is 0 Å². The van der Waals surface area contributed by atoms with E-state index in [9.17, 15) is 19.2 Å². The van der Waals surface area contributed by atoms with E-state index >= 15 is 0 Å². The maximum Gasteiger partial charge on any atom is 0.326 e. The Morgan fingerprint density at radius 2 is 1.96 bits per heavy atom. The van der Waals surface area contributed by atoms with Gasteiger partial charge in [-0.25, -0.2) is 9.78 Å². The summed E-state index contributed by atoms with van der Waals surface area (Å²) in [6.07, 6.45) is 2.85. The number of carboxylic acids is 1. The first kappa shape index (κ1) is 20.1. The molecule has 1 aromatic heterocycles. The zero-order chi connectivity index (χ0) is 19.0. The van der Waals surface area contributed by atoms with Crippen molar-refractivity contribution in [2.24, 2.45) is 11.5 Å². The number of aliphatic carboxylic acids is 1. The van der Waals surface area contributed by atoms with Crippen LogP contribution in [0.2, 0.25) is 0 Å². The van der Waals surface area contributed by atoms with Crippen molar-refractivity contribution in [1.29, 1.82) is 0 Å². The van der Waals surface area contributed by atoms with Crippen molar-refractivity contribution >= 4 is 23.7 Å². The van der Waals surface area contributed by atoms with Gasteiger partial charge < -0.3 is 32.2 Å². The van der Waals surface area contributed by atoms with Crippen LogP contribution in [0, 0.1) is 0 Å². The maximum absolute atomic E-state index is 12.0. The Morgan fingerprint density at radius 1 is 1.28 bits per heavy atom. The fourth-order valence-corrected chi connectivity index (χ4v) is 1.95. The number of rotatable bonds is 10. The number of nitrogens with zero attached hydrogens (tertiary/aromatic N) is 1. The minimum absolute atomic E-state index is 0.142. The molecule has 8 N–H and O–H groups in total. The highest BCUT2D eigenvalue weighted by Gasteiger charge is 2.25. The third kappa shape index (κ3) is 6.99. The molecule has 1 heterocycles. The highest BCUT2D eigenvalue weighted by Crippen LogP contribution is 2.00. The molecule has 0 radical (unpaired) electrons. The van der Waals surface area contributed by atoms with Crippen molar-refractivity contribution in [2.75, 3.05) is 0 Å². The van der Waals surface area contributed by atoms with Gasteiger partial charge in [0.2, 0.25) is 17.7 Å². The van der Waals surface area contributed by atoms with Crippen LogP contribution in [0.3, 0.4) is 0 Å². The Kier molecular flexibility index (Phi) is 7.53. The van der Waals surface area contributed by atoms with E-state index in [1.165, 1.54) is 19.4 Å². The number of carboxylic acid groups (broad SMARTS) is 1. The number of carbonyl (C=O) groups excluding carboxylic acids is 3. The lowest BCUT2D eigenvalue weighted by Gasteiger charge is -2.20. The molecule has 0 aliphatic carbocycles. The van der Waals surface area contributed by atoms with Crippen molar-refractivity contribution < 1.29 is 24.3 Å². The van der Waals surface area contributed by atoms with E-state index in [4.69, 9.17) is 16.6 Å². The third-order valence-corrected chi connectivity index (χ3v) is 3.38. The van der Waals surface area contributed by atoms with Gasteiger partial charge in [0.25, 0.3) is 0 Å². The molecule has 0 aliphatic heterocycles. The average Bonchev–Trinajstić information content (AvgIpc) is 3.03. The van der Waals surface area contributed by atoms with Crippen molar-refractivity contribution in [3.8, 4) is 0 Å². The van der Waals surface area contributed by atoms with Crippen LogP contribution in [-0.2, 0) is 25.6 Å². The summed E-state index contributed by atoms with van der Waals surface area (Å²) in [7, 11) is 0. The molecule has 0 aliphatic rings. The van der Waals surface area contributed by atoms with E-state index in [-0.39, 0.29) is 19.3 Å². The molecule has 11 nitrogen and oxygen atoms in total. The van der Waals surface area contributed by atoms with Gasteiger partial charge in [0.05, 0.1) is 12.4 Å². The van der Waals surface area contributed by atoms with Crippen LogP contribution in [0.1, 0.15) is 25.5 Å². The highest BCUT2D eigenvalue weighted by atomic mass is 16.4. The zero-order valence-electron chi connectivity index (χ0n) is 13.7. The first-order chi connectivity index (χ1) is 11.7. The van der Waals surface area contributed by atoms with Gasteiger partial charge in [-0.2, -0.15) is 0 Å². The Balaban J connectivity index is 2.52. The minimum Gasteiger partial charge on any atom is -0.480 e. The Hall–Kier alpha value is -2.95. The standard InChI is InChI=1S/C14H22N6O5/c1-7(12(22)20-10(14(24)25)2-3-11(16)21)19-13(23)9(15)4-8-5-17-6-18-8/h5-7,9-10H,2-4,15H2,1H3,(H2,16,21)(H,17,18)(H,19,23)(H,20,22)(H,24,25). The monoisotopic (exact) mass is 354 g/mol. The number of hydrogen-bond acceptors (Lipinski definition) is 6. The highest BCUT2D eigenvalue weighted by molar-refractivity contribution is 5.91. The molecule has 1 aromatic rings.